The van der Waals surface area contributed by atoms with Gasteiger partial charge in [0.05, 0.1) is 13.4 Å². The largest absolute Gasteiger partial charge is 0.496 e. The van der Waals surface area contributed by atoms with E-state index in [9.17, 15) is 9.59 Å². The molecule has 1 aromatic carbocycles. The molecule has 0 bridgehead atoms. The van der Waals surface area contributed by atoms with Crippen LogP contribution in [-0.4, -0.2) is 54.9 Å². The smallest absolute Gasteiger partial charge is 0.289 e. The Kier molecular flexibility index (Phi) is 5.61. The summed E-state index contributed by atoms with van der Waals surface area (Å²) in [4.78, 5) is 28.9. The zero-order valence-corrected chi connectivity index (χ0v) is 15.2. The van der Waals surface area contributed by atoms with Gasteiger partial charge in [-0.15, -0.1) is 0 Å². The number of hydrogen-bond donors (Lipinski definition) is 0. The fourth-order valence-electron chi connectivity index (χ4n) is 3.25. The Morgan fingerprint density at radius 2 is 1.81 bits per heavy atom. The van der Waals surface area contributed by atoms with E-state index in [0.29, 0.717) is 37.5 Å². The molecule has 0 saturated carbocycles. The monoisotopic (exact) mass is 356 g/mol. The second-order valence-corrected chi connectivity index (χ2v) is 6.30. The maximum absolute atomic E-state index is 12.9. The molecular formula is C20H24N2O4. The number of aryl methyl sites for hydroxylation is 1. The summed E-state index contributed by atoms with van der Waals surface area (Å²) in [6.07, 6.45) is 3.04. The molecule has 0 radical (unpaired) electrons. The lowest BCUT2D eigenvalue weighted by Gasteiger charge is -2.22. The van der Waals surface area contributed by atoms with E-state index in [1.807, 2.05) is 24.0 Å². The Bertz CT molecular complexity index is 770. The predicted octanol–water partition coefficient (Wildman–Crippen LogP) is 2.84. The van der Waals surface area contributed by atoms with Crippen LogP contribution in [0.15, 0.2) is 41.0 Å². The van der Waals surface area contributed by atoms with Crippen LogP contribution < -0.4 is 4.74 Å². The maximum atomic E-state index is 12.9. The van der Waals surface area contributed by atoms with Crippen molar-refractivity contribution in [1.82, 2.24) is 9.80 Å². The molecule has 0 N–H and O–H groups in total. The molecule has 6 nitrogen and oxygen atoms in total. The number of benzene rings is 1. The van der Waals surface area contributed by atoms with Crippen LogP contribution in [0.1, 0.15) is 39.8 Å². The first kappa shape index (κ1) is 18.0. The summed E-state index contributed by atoms with van der Waals surface area (Å²) in [5.41, 5.74) is 1.68. The molecule has 138 valence electrons. The second kappa shape index (κ2) is 8.08. The minimum absolute atomic E-state index is 0.00495. The van der Waals surface area contributed by atoms with Crippen LogP contribution >= 0.6 is 0 Å². The lowest BCUT2D eigenvalue weighted by molar-refractivity contribution is 0.0700. The van der Waals surface area contributed by atoms with Crippen LogP contribution in [0.3, 0.4) is 0 Å². The van der Waals surface area contributed by atoms with Crippen LogP contribution in [0.25, 0.3) is 0 Å². The highest BCUT2D eigenvalue weighted by atomic mass is 16.5. The molecule has 0 spiro atoms. The first-order valence-corrected chi connectivity index (χ1v) is 8.93. The number of carbonyl (C=O) groups excluding carboxylic acids is 2. The molecule has 0 aliphatic carbocycles. The van der Waals surface area contributed by atoms with Gasteiger partial charge in [0.1, 0.15) is 5.75 Å². The van der Waals surface area contributed by atoms with Crippen LogP contribution in [0.5, 0.6) is 5.75 Å². The van der Waals surface area contributed by atoms with Gasteiger partial charge in [-0.05, 0) is 48.7 Å². The summed E-state index contributed by atoms with van der Waals surface area (Å²) in [6.45, 7) is 4.30. The van der Waals surface area contributed by atoms with Gasteiger partial charge in [0.25, 0.3) is 11.8 Å². The topological polar surface area (TPSA) is 63.0 Å². The van der Waals surface area contributed by atoms with E-state index < -0.39 is 0 Å². The van der Waals surface area contributed by atoms with Crippen molar-refractivity contribution in [1.29, 1.82) is 0 Å². The lowest BCUT2D eigenvalue weighted by atomic mass is 10.1. The van der Waals surface area contributed by atoms with Crippen molar-refractivity contribution in [3.63, 3.8) is 0 Å². The van der Waals surface area contributed by atoms with Crippen LogP contribution in [0.4, 0.5) is 0 Å². The van der Waals surface area contributed by atoms with Gasteiger partial charge in [0.15, 0.2) is 5.76 Å². The molecule has 2 heterocycles. The number of amides is 2. The predicted molar refractivity (Wildman–Crippen MR) is 97.5 cm³/mol. The van der Waals surface area contributed by atoms with E-state index in [1.165, 1.54) is 6.26 Å². The standard InChI is InChI=1S/C20H24N2O4/c1-3-15-14-16(7-8-17(15)25-2)19(23)21-9-5-10-22(12-11-21)20(24)18-6-4-13-26-18/h4,6-8,13-14H,3,5,9-12H2,1-2H3. The molecule has 1 fully saturated rings. The average molecular weight is 356 g/mol. The van der Waals surface area contributed by atoms with Crippen molar-refractivity contribution < 1.29 is 18.7 Å². The Hall–Kier alpha value is -2.76. The SMILES string of the molecule is CCc1cc(C(=O)N2CCCN(C(=O)c3ccco3)CC2)ccc1OC. The zero-order chi connectivity index (χ0) is 18.5. The molecule has 2 amide bonds. The molecule has 1 saturated heterocycles. The Morgan fingerprint density at radius 3 is 2.42 bits per heavy atom. The van der Waals surface area contributed by atoms with Gasteiger partial charge in [0, 0.05) is 31.7 Å². The molecule has 3 rings (SSSR count). The van der Waals surface area contributed by atoms with Crippen LogP contribution in [0, 0.1) is 0 Å². The highest BCUT2D eigenvalue weighted by Gasteiger charge is 2.25. The number of hydrogen-bond acceptors (Lipinski definition) is 4. The number of rotatable bonds is 4. The quantitative estimate of drug-likeness (QED) is 0.845. The minimum Gasteiger partial charge on any atom is -0.496 e. The summed E-state index contributed by atoms with van der Waals surface area (Å²) in [5.74, 6) is 1.01. The number of ether oxygens (including phenoxy) is 1. The number of furan rings is 1. The van der Waals surface area contributed by atoms with Crippen molar-refractivity contribution in [3.05, 3.63) is 53.5 Å². The molecule has 6 heteroatoms. The van der Waals surface area contributed by atoms with E-state index in [2.05, 4.69) is 0 Å². The first-order valence-electron chi connectivity index (χ1n) is 8.93. The van der Waals surface area contributed by atoms with E-state index in [4.69, 9.17) is 9.15 Å². The van der Waals surface area contributed by atoms with Gasteiger partial charge in [-0.25, -0.2) is 0 Å². The van der Waals surface area contributed by atoms with Crippen LogP contribution in [-0.2, 0) is 6.42 Å². The third-order valence-electron chi connectivity index (χ3n) is 4.71. The Morgan fingerprint density at radius 1 is 1.08 bits per heavy atom. The molecular weight excluding hydrogens is 332 g/mol. The van der Waals surface area contributed by atoms with Gasteiger partial charge >= 0.3 is 0 Å². The fraction of sp³-hybridized carbons (Fsp3) is 0.400. The van der Waals surface area contributed by atoms with Gasteiger partial charge in [-0.1, -0.05) is 6.92 Å². The van der Waals surface area contributed by atoms with Gasteiger partial charge in [-0.3, -0.25) is 9.59 Å². The second-order valence-electron chi connectivity index (χ2n) is 6.30. The fourth-order valence-corrected chi connectivity index (χ4v) is 3.25. The summed E-state index contributed by atoms with van der Waals surface area (Å²) >= 11 is 0. The normalized spacial score (nSPS) is 14.8. The van der Waals surface area contributed by atoms with Crippen molar-refractivity contribution in [2.45, 2.75) is 19.8 Å². The van der Waals surface area contributed by atoms with Crippen LogP contribution in [0.2, 0.25) is 0 Å². The van der Waals surface area contributed by atoms with E-state index in [-0.39, 0.29) is 11.8 Å². The molecule has 0 atom stereocenters. The van der Waals surface area contributed by atoms with Gasteiger partial charge in [0.2, 0.25) is 0 Å². The third-order valence-corrected chi connectivity index (χ3v) is 4.71. The summed E-state index contributed by atoms with van der Waals surface area (Å²) < 4.78 is 10.5. The maximum Gasteiger partial charge on any atom is 0.289 e. The van der Waals surface area contributed by atoms with Gasteiger partial charge < -0.3 is 19.0 Å². The summed E-state index contributed by atoms with van der Waals surface area (Å²) in [6, 6.07) is 8.92. The number of carbonyl (C=O) groups is 2. The number of methoxy groups -OCH3 is 1. The molecule has 2 aromatic rings. The van der Waals surface area contributed by atoms with Crippen molar-refractivity contribution in [2.24, 2.45) is 0 Å². The van der Waals surface area contributed by atoms with Gasteiger partial charge in [-0.2, -0.15) is 0 Å². The van der Waals surface area contributed by atoms with Crippen molar-refractivity contribution in [2.75, 3.05) is 33.3 Å². The molecule has 0 unspecified atom stereocenters. The van der Waals surface area contributed by atoms with Crippen molar-refractivity contribution >= 4 is 11.8 Å². The molecule has 1 aliphatic heterocycles. The van der Waals surface area contributed by atoms with E-state index in [0.717, 1.165) is 24.2 Å². The summed E-state index contributed by atoms with van der Waals surface area (Å²) in [5, 5.41) is 0. The Balaban J connectivity index is 1.69. The van der Waals surface area contributed by atoms with Crippen molar-refractivity contribution in [3.8, 4) is 5.75 Å². The highest BCUT2D eigenvalue weighted by Crippen LogP contribution is 2.22. The molecule has 1 aromatic heterocycles. The average Bonchev–Trinajstić information content (AvgIpc) is 3.11. The highest BCUT2D eigenvalue weighted by molar-refractivity contribution is 5.95. The number of nitrogens with zero attached hydrogens (tertiary/aromatic N) is 2. The summed E-state index contributed by atoms with van der Waals surface area (Å²) in [7, 11) is 1.63. The zero-order valence-electron chi connectivity index (χ0n) is 15.2. The lowest BCUT2D eigenvalue weighted by Crippen LogP contribution is -2.37. The Labute approximate surface area is 153 Å². The molecule has 1 aliphatic rings. The first-order chi connectivity index (χ1) is 12.6. The minimum atomic E-state index is -0.123. The molecule has 26 heavy (non-hydrogen) atoms. The van der Waals surface area contributed by atoms with E-state index in [1.54, 1.807) is 30.2 Å². The van der Waals surface area contributed by atoms with E-state index >= 15 is 0 Å². The third kappa shape index (κ3) is 3.74.